The van der Waals surface area contributed by atoms with Crippen molar-refractivity contribution in [3.8, 4) is 11.3 Å². The fraction of sp³-hybridized carbons (Fsp3) is 0.0667. The van der Waals surface area contributed by atoms with E-state index in [9.17, 15) is 4.79 Å². The summed E-state index contributed by atoms with van der Waals surface area (Å²) in [5.74, 6) is 0.654. The average molecular weight is 294 g/mol. The Morgan fingerprint density at radius 3 is 2.95 bits per heavy atom. The number of nitrogens with one attached hydrogen (secondary N) is 3. The molecule has 0 saturated heterocycles. The van der Waals surface area contributed by atoms with E-state index in [4.69, 9.17) is 11.1 Å². The van der Waals surface area contributed by atoms with Gasteiger partial charge in [-0.25, -0.2) is 10.1 Å². The van der Waals surface area contributed by atoms with Gasteiger partial charge in [0.15, 0.2) is 0 Å². The molecule has 0 atom stereocenters. The third kappa shape index (κ3) is 2.45. The second-order valence-electron chi connectivity index (χ2n) is 4.67. The molecule has 7 heteroatoms. The molecule has 2 heterocycles. The zero-order chi connectivity index (χ0) is 15.5. The van der Waals surface area contributed by atoms with Gasteiger partial charge in [-0.2, -0.15) is 5.10 Å². The lowest BCUT2D eigenvalue weighted by Crippen LogP contribution is -2.13. The predicted molar refractivity (Wildman–Crippen MR) is 85.7 cm³/mol. The molecule has 22 heavy (non-hydrogen) atoms. The fourth-order valence-corrected chi connectivity index (χ4v) is 2.25. The number of aromatic nitrogens is 4. The van der Waals surface area contributed by atoms with Gasteiger partial charge in [-0.1, -0.05) is 6.07 Å². The van der Waals surface area contributed by atoms with Gasteiger partial charge in [-0.3, -0.25) is 4.79 Å². The maximum atomic E-state index is 11.8. The largest absolute Gasteiger partial charge is 0.338 e. The maximum absolute atomic E-state index is 11.8. The van der Waals surface area contributed by atoms with Crippen molar-refractivity contribution >= 4 is 23.1 Å². The predicted octanol–water partition coefficient (Wildman–Crippen LogP) is 1.43. The summed E-state index contributed by atoms with van der Waals surface area (Å²) in [6.07, 6.45) is 6.17. The van der Waals surface area contributed by atoms with Crippen LogP contribution in [0.3, 0.4) is 0 Å². The number of hydrogen-bond donors (Lipinski definition) is 4. The van der Waals surface area contributed by atoms with Gasteiger partial charge in [-0.05, 0) is 24.3 Å². The van der Waals surface area contributed by atoms with Gasteiger partial charge in [0.05, 0.1) is 23.0 Å². The van der Waals surface area contributed by atoms with E-state index >= 15 is 0 Å². The number of allylic oxidation sites excluding steroid dienone is 1. The third-order valence-corrected chi connectivity index (χ3v) is 3.32. The summed E-state index contributed by atoms with van der Waals surface area (Å²) in [5.41, 5.74) is 7.78. The van der Waals surface area contributed by atoms with Crippen molar-refractivity contribution in [1.29, 1.82) is 5.41 Å². The van der Waals surface area contributed by atoms with Crippen LogP contribution in [0.2, 0.25) is 0 Å². The number of H-pyrrole nitrogens is 2. The molecule has 0 unspecified atom stereocenters. The van der Waals surface area contributed by atoms with E-state index in [0.29, 0.717) is 16.9 Å². The number of imidazole rings is 1. The number of fused-ring (bicyclic) bond motifs is 1. The van der Waals surface area contributed by atoms with Crippen molar-refractivity contribution in [3.63, 3.8) is 0 Å². The minimum absolute atomic E-state index is 0.238. The van der Waals surface area contributed by atoms with Crippen molar-refractivity contribution in [3.05, 3.63) is 52.3 Å². The van der Waals surface area contributed by atoms with Gasteiger partial charge in [0, 0.05) is 23.7 Å². The van der Waals surface area contributed by atoms with Gasteiger partial charge >= 0.3 is 0 Å². The smallest absolute Gasteiger partial charge is 0.272 e. The molecule has 5 N–H and O–H groups in total. The lowest BCUT2D eigenvalue weighted by Gasteiger charge is -2.04. The Morgan fingerprint density at radius 1 is 1.32 bits per heavy atom. The van der Waals surface area contributed by atoms with Crippen LogP contribution >= 0.6 is 0 Å². The normalized spacial score (nSPS) is 11.3. The molecule has 0 bridgehead atoms. The summed E-state index contributed by atoms with van der Waals surface area (Å²) in [4.78, 5) is 19.2. The molecule has 3 rings (SSSR count). The lowest BCUT2D eigenvalue weighted by atomic mass is 10.1. The number of nitrogens with two attached hydrogens (primary N) is 1. The Balaban J connectivity index is 2.12. The molecule has 0 aliphatic carbocycles. The fourth-order valence-electron chi connectivity index (χ4n) is 2.25. The number of benzene rings is 1. The second-order valence-corrected chi connectivity index (χ2v) is 4.67. The van der Waals surface area contributed by atoms with Crippen molar-refractivity contribution in [2.45, 2.75) is 6.54 Å². The summed E-state index contributed by atoms with van der Waals surface area (Å²) >= 11 is 0. The first-order chi connectivity index (χ1) is 10.7. The molecule has 0 aliphatic heterocycles. The van der Waals surface area contributed by atoms with Crippen molar-refractivity contribution in [2.24, 2.45) is 5.73 Å². The van der Waals surface area contributed by atoms with Crippen LogP contribution in [0, 0.1) is 5.41 Å². The number of nitrogens with zero attached hydrogens (tertiary/aromatic N) is 2. The molecule has 1 aromatic carbocycles. The summed E-state index contributed by atoms with van der Waals surface area (Å²) < 4.78 is 0. The third-order valence-electron chi connectivity index (χ3n) is 3.32. The van der Waals surface area contributed by atoms with Crippen LogP contribution in [0.15, 0.2) is 35.3 Å². The first-order valence-electron chi connectivity index (χ1n) is 6.67. The average Bonchev–Trinajstić information content (AvgIpc) is 3.02. The Kier molecular flexibility index (Phi) is 3.63. The molecular weight excluding hydrogens is 280 g/mol. The summed E-state index contributed by atoms with van der Waals surface area (Å²) in [6, 6.07) is 5.46. The Bertz CT molecular complexity index is 921. The highest BCUT2D eigenvalue weighted by Crippen LogP contribution is 2.23. The van der Waals surface area contributed by atoms with Crippen molar-refractivity contribution in [2.75, 3.05) is 0 Å². The summed E-state index contributed by atoms with van der Waals surface area (Å²) in [5, 5.41) is 14.7. The minimum Gasteiger partial charge on any atom is -0.338 e. The Hall–Kier alpha value is -3.06. The minimum atomic E-state index is -0.238. The van der Waals surface area contributed by atoms with E-state index in [1.165, 1.54) is 6.21 Å². The Morgan fingerprint density at radius 2 is 2.18 bits per heavy atom. The molecule has 0 spiro atoms. The number of rotatable bonds is 4. The first-order valence-corrected chi connectivity index (χ1v) is 6.67. The van der Waals surface area contributed by atoms with Gasteiger partial charge in [-0.15, -0.1) is 0 Å². The molecule has 0 aliphatic rings. The van der Waals surface area contributed by atoms with Crippen LogP contribution in [0.5, 0.6) is 0 Å². The van der Waals surface area contributed by atoms with E-state index < -0.39 is 0 Å². The van der Waals surface area contributed by atoms with E-state index in [0.717, 1.165) is 16.6 Å². The molecule has 110 valence electrons. The zero-order valence-corrected chi connectivity index (χ0v) is 11.6. The molecule has 7 nitrogen and oxygen atoms in total. The van der Waals surface area contributed by atoms with Crippen LogP contribution in [-0.2, 0) is 6.54 Å². The van der Waals surface area contributed by atoms with Gasteiger partial charge in [0.2, 0.25) is 0 Å². The van der Waals surface area contributed by atoms with Crippen LogP contribution in [0.1, 0.15) is 11.5 Å². The van der Waals surface area contributed by atoms with E-state index in [1.807, 2.05) is 12.1 Å². The Labute approximate surface area is 125 Å². The highest BCUT2D eigenvalue weighted by atomic mass is 16.1. The highest BCUT2D eigenvalue weighted by Gasteiger charge is 2.08. The van der Waals surface area contributed by atoms with Gasteiger partial charge in [0.25, 0.3) is 5.56 Å². The second kappa shape index (κ2) is 5.74. The standard InChI is InChI=1S/C15H14N6O/c16-5-1-2-14-18-8-13(19-14)9-3-4-10-11(6-9)12(7-17)20-21-15(10)22/h1-6,8,16H,7,17H2,(H,18,19)(H,21,22)/b2-1-,16-5?. The van der Waals surface area contributed by atoms with E-state index in [2.05, 4.69) is 20.2 Å². The van der Waals surface area contributed by atoms with Crippen molar-refractivity contribution in [1.82, 2.24) is 20.2 Å². The molecule has 0 radical (unpaired) electrons. The van der Waals surface area contributed by atoms with Crippen LogP contribution < -0.4 is 11.3 Å². The lowest BCUT2D eigenvalue weighted by molar-refractivity contribution is 0.900. The monoisotopic (exact) mass is 294 g/mol. The van der Waals surface area contributed by atoms with Crippen molar-refractivity contribution < 1.29 is 0 Å². The maximum Gasteiger partial charge on any atom is 0.272 e. The summed E-state index contributed by atoms with van der Waals surface area (Å²) in [7, 11) is 0. The van der Waals surface area contributed by atoms with Crippen LogP contribution in [0.4, 0.5) is 0 Å². The van der Waals surface area contributed by atoms with E-state index in [-0.39, 0.29) is 12.1 Å². The van der Waals surface area contributed by atoms with Gasteiger partial charge < -0.3 is 16.1 Å². The number of aromatic amines is 2. The molecule has 0 amide bonds. The molecular formula is C15H14N6O. The first kappa shape index (κ1) is 13.9. The quantitative estimate of drug-likeness (QED) is 0.543. The zero-order valence-electron chi connectivity index (χ0n) is 11.6. The molecule has 0 fully saturated rings. The van der Waals surface area contributed by atoms with Crippen LogP contribution in [-0.4, -0.2) is 26.4 Å². The highest BCUT2D eigenvalue weighted by molar-refractivity contribution is 5.87. The van der Waals surface area contributed by atoms with E-state index in [1.54, 1.807) is 24.4 Å². The topological polar surface area (TPSA) is 124 Å². The molecule has 0 saturated carbocycles. The van der Waals surface area contributed by atoms with Crippen LogP contribution in [0.25, 0.3) is 28.1 Å². The molecule has 2 aromatic heterocycles. The summed E-state index contributed by atoms with van der Waals surface area (Å²) in [6.45, 7) is 0.243. The number of hydrogen-bond acceptors (Lipinski definition) is 5. The molecule has 3 aromatic rings. The SMILES string of the molecule is N=C/C=C\c1ncc(-c2ccc3c(=O)[nH]nc(CN)c3c2)[nH]1. The van der Waals surface area contributed by atoms with Gasteiger partial charge in [0.1, 0.15) is 5.82 Å².